The van der Waals surface area contributed by atoms with Gasteiger partial charge in [0.15, 0.2) is 0 Å². The van der Waals surface area contributed by atoms with E-state index in [1.165, 1.54) is 41.3 Å². The number of nitrogens with one attached hydrogen (secondary N) is 1. The van der Waals surface area contributed by atoms with E-state index in [0.717, 1.165) is 4.31 Å². The molecule has 0 heterocycles. The van der Waals surface area contributed by atoms with Crippen LogP contribution in [0.3, 0.4) is 0 Å². The Morgan fingerprint density at radius 3 is 2.10 bits per heavy atom. The first-order valence-electron chi connectivity index (χ1n) is 12.7. The summed E-state index contributed by atoms with van der Waals surface area (Å²) in [7, 11) is -4.16. The maximum absolute atomic E-state index is 13.8. The molecule has 208 valence electrons. The second-order valence-corrected chi connectivity index (χ2v) is 11.1. The Bertz CT molecular complexity index is 1350. The van der Waals surface area contributed by atoms with Crippen LogP contribution in [0.25, 0.3) is 0 Å². The lowest BCUT2D eigenvalue weighted by molar-refractivity contribution is -0.139. The van der Waals surface area contributed by atoms with E-state index in [-0.39, 0.29) is 29.1 Å². The van der Waals surface area contributed by atoms with Crippen LogP contribution in [0.5, 0.6) is 5.75 Å². The molecule has 3 aromatic carbocycles. The molecule has 0 spiro atoms. The number of carbonyl (C=O) groups is 2. The Morgan fingerprint density at radius 2 is 1.54 bits per heavy atom. The molecule has 1 atom stereocenters. The van der Waals surface area contributed by atoms with Gasteiger partial charge in [0, 0.05) is 12.6 Å². The molecule has 0 fully saturated rings. The van der Waals surface area contributed by atoms with Crippen LogP contribution in [0.1, 0.15) is 33.3 Å². The first-order chi connectivity index (χ1) is 18.5. The molecular formula is C29H34FN3O5S. The topological polar surface area (TPSA) is 96.0 Å². The summed E-state index contributed by atoms with van der Waals surface area (Å²) in [5.74, 6) is -0.863. The van der Waals surface area contributed by atoms with Crippen molar-refractivity contribution in [3.8, 4) is 5.75 Å². The fraction of sp³-hybridized carbons (Fsp3) is 0.310. The summed E-state index contributed by atoms with van der Waals surface area (Å²) in [6, 6.07) is 18.7. The number of nitrogens with zero attached hydrogens (tertiary/aromatic N) is 2. The molecule has 0 bridgehead atoms. The summed E-state index contributed by atoms with van der Waals surface area (Å²) < 4.78 is 47.5. The van der Waals surface area contributed by atoms with Crippen LogP contribution in [0.15, 0.2) is 83.8 Å². The summed E-state index contributed by atoms with van der Waals surface area (Å²) in [6.45, 7) is 6.88. The van der Waals surface area contributed by atoms with E-state index in [2.05, 4.69) is 5.32 Å². The number of anilines is 1. The van der Waals surface area contributed by atoms with Gasteiger partial charge in [-0.2, -0.15) is 0 Å². The molecular weight excluding hydrogens is 521 g/mol. The van der Waals surface area contributed by atoms with Crippen molar-refractivity contribution in [3.63, 3.8) is 0 Å². The number of halogens is 1. The van der Waals surface area contributed by atoms with Crippen molar-refractivity contribution in [2.45, 2.75) is 51.2 Å². The zero-order valence-electron chi connectivity index (χ0n) is 22.5. The normalized spacial score (nSPS) is 12.1. The van der Waals surface area contributed by atoms with Gasteiger partial charge in [-0.3, -0.25) is 13.9 Å². The number of ether oxygens (including phenoxy) is 1. The Kier molecular flexibility index (Phi) is 10.1. The maximum Gasteiger partial charge on any atom is 0.264 e. The molecule has 1 unspecified atom stereocenters. The number of amides is 2. The molecule has 3 rings (SSSR count). The van der Waals surface area contributed by atoms with Gasteiger partial charge in [-0.1, -0.05) is 30.3 Å². The minimum absolute atomic E-state index is 0.0161. The largest absolute Gasteiger partial charge is 0.494 e. The number of benzene rings is 3. The predicted octanol–water partition coefficient (Wildman–Crippen LogP) is 4.36. The quantitative estimate of drug-likeness (QED) is 0.358. The van der Waals surface area contributed by atoms with Crippen LogP contribution in [-0.4, -0.2) is 50.4 Å². The third-order valence-corrected chi connectivity index (χ3v) is 7.70. The molecule has 0 saturated carbocycles. The number of hydrogen-bond donors (Lipinski definition) is 1. The molecule has 0 aliphatic carbocycles. The molecule has 8 nitrogen and oxygen atoms in total. The highest BCUT2D eigenvalue weighted by Gasteiger charge is 2.32. The number of carbonyl (C=O) groups excluding carboxylic acids is 2. The Balaban J connectivity index is 2.01. The van der Waals surface area contributed by atoms with Crippen LogP contribution in [0, 0.1) is 5.82 Å². The van der Waals surface area contributed by atoms with Crippen LogP contribution >= 0.6 is 0 Å². The molecule has 0 saturated heterocycles. The van der Waals surface area contributed by atoms with Gasteiger partial charge in [-0.15, -0.1) is 0 Å². The molecule has 0 radical (unpaired) electrons. The predicted molar refractivity (Wildman–Crippen MR) is 148 cm³/mol. The van der Waals surface area contributed by atoms with Crippen molar-refractivity contribution >= 4 is 27.5 Å². The van der Waals surface area contributed by atoms with E-state index in [1.807, 2.05) is 6.92 Å². The first kappa shape index (κ1) is 29.6. The van der Waals surface area contributed by atoms with Gasteiger partial charge in [0.2, 0.25) is 11.8 Å². The van der Waals surface area contributed by atoms with Gasteiger partial charge >= 0.3 is 0 Å². The van der Waals surface area contributed by atoms with Crippen molar-refractivity contribution in [1.29, 1.82) is 0 Å². The van der Waals surface area contributed by atoms with Crippen molar-refractivity contribution in [1.82, 2.24) is 10.2 Å². The van der Waals surface area contributed by atoms with Crippen molar-refractivity contribution < 1.29 is 27.1 Å². The van der Waals surface area contributed by atoms with E-state index in [9.17, 15) is 22.4 Å². The van der Waals surface area contributed by atoms with Gasteiger partial charge in [0.25, 0.3) is 10.0 Å². The van der Waals surface area contributed by atoms with E-state index >= 15 is 0 Å². The van der Waals surface area contributed by atoms with E-state index in [4.69, 9.17) is 4.74 Å². The lowest BCUT2D eigenvalue weighted by Crippen LogP contribution is -2.52. The molecule has 3 aromatic rings. The van der Waals surface area contributed by atoms with Crippen LogP contribution in [-0.2, 0) is 26.2 Å². The smallest absolute Gasteiger partial charge is 0.264 e. The summed E-state index contributed by atoms with van der Waals surface area (Å²) >= 11 is 0. The highest BCUT2D eigenvalue weighted by Crippen LogP contribution is 2.26. The third-order valence-electron chi connectivity index (χ3n) is 5.91. The Morgan fingerprint density at radius 1 is 0.923 bits per heavy atom. The van der Waals surface area contributed by atoms with Crippen molar-refractivity contribution in [2.24, 2.45) is 0 Å². The monoisotopic (exact) mass is 555 g/mol. The first-order valence-corrected chi connectivity index (χ1v) is 14.1. The minimum Gasteiger partial charge on any atom is -0.494 e. The molecule has 39 heavy (non-hydrogen) atoms. The highest BCUT2D eigenvalue weighted by molar-refractivity contribution is 7.92. The van der Waals surface area contributed by atoms with Crippen molar-refractivity contribution in [3.05, 3.63) is 90.2 Å². The number of sulfonamides is 1. The van der Waals surface area contributed by atoms with Gasteiger partial charge in [-0.05, 0) is 81.8 Å². The summed E-state index contributed by atoms with van der Waals surface area (Å²) in [6.07, 6.45) is 0. The second-order valence-electron chi connectivity index (χ2n) is 9.24. The van der Waals surface area contributed by atoms with Gasteiger partial charge in [-0.25, -0.2) is 12.8 Å². The zero-order valence-corrected chi connectivity index (χ0v) is 23.3. The van der Waals surface area contributed by atoms with Gasteiger partial charge in [0.05, 0.1) is 17.2 Å². The Labute approximate surface area is 229 Å². The molecule has 0 aromatic heterocycles. The van der Waals surface area contributed by atoms with Gasteiger partial charge < -0.3 is 15.0 Å². The fourth-order valence-corrected chi connectivity index (χ4v) is 5.33. The third kappa shape index (κ3) is 7.79. The minimum atomic E-state index is -4.16. The molecule has 0 aliphatic heterocycles. The van der Waals surface area contributed by atoms with Crippen LogP contribution in [0.4, 0.5) is 10.1 Å². The number of rotatable bonds is 12. The van der Waals surface area contributed by atoms with E-state index < -0.39 is 34.3 Å². The second kappa shape index (κ2) is 13.2. The lowest BCUT2D eigenvalue weighted by Gasteiger charge is -2.32. The maximum atomic E-state index is 13.8. The highest BCUT2D eigenvalue weighted by atomic mass is 32.2. The van der Waals surface area contributed by atoms with Gasteiger partial charge in [0.1, 0.15) is 24.2 Å². The molecule has 2 amide bonds. The summed E-state index contributed by atoms with van der Waals surface area (Å²) in [5.41, 5.74) is 0.851. The SMILES string of the molecule is CCOc1ccc(N(CC(=O)N(Cc2ccc(F)cc2)C(C)C(=O)NC(C)C)S(=O)(=O)c2ccccc2)cc1. The van der Waals surface area contributed by atoms with E-state index in [1.54, 1.807) is 63.2 Å². The number of hydrogen-bond acceptors (Lipinski definition) is 5. The summed E-state index contributed by atoms with van der Waals surface area (Å²) in [4.78, 5) is 28.0. The fourth-order valence-electron chi connectivity index (χ4n) is 3.90. The average Bonchev–Trinajstić information content (AvgIpc) is 2.91. The van der Waals surface area contributed by atoms with E-state index in [0.29, 0.717) is 17.9 Å². The zero-order chi connectivity index (χ0) is 28.6. The van der Waals surface area contributed by atoms with Crippen molar-refractivity contribution in [2.75, 3.05) is 17.5 Å². The standard InChI is InChI=1S/C29H34FN3O5S/c1-5-38-26-17-15-25(16-18-26)33(39(36,37)27-9-7-6-8-10-27)20-28(34)32(22(4)29(35)31-21(2)3)19-23-11-13-24(30)14-12-23/h6-18,21-22H,5,19-20H2,1-4H3,(H,31,35). The molecule has 0 aliphatic rings. The molecule has 10 heteroatoms. The lowest BCUT2D eigenvalue weighted by atomic mass is 10.1. The summed E-state index contributed by atoms with van der Waals surface area (Å²) in [5, 5.41) is 2.79. The Hall–Kier alpha value is -3.92. The van der Waals surface area contributed by atoms with Crippen LogP contribution in [0.2, 0.25) is 0 Å². The molecule has 1 N–H and O–H groups in total. The van der Waals surface area contributed by atoms with Crippen LogP contribution < -0.4 is 14.4 Å². The average molecular weight is 556 g/mol.